The van der Waals surface area contributed by atoms with Gasteiger partial charge < -0.3 is 9.64 Å². The van der Waals surface area contributed by atoms with Crippen molar-refractivity contribution in [1.29, 1.82) is 0 Å². The van der Waals surface area contributed by atoms with Crippen molar-refractivity contribution < 1.29 is 4.74 Å². The van der Waals surface area contributed by atoms with Crippen molar-refractivity contribution in [3.63, 3.8) is 0 Å². The second-order valence-corrected chi connectivity index (χ2v) is 7.60. The quantitative estimate of drug-likeness (QED) is 0.352. The summed E-state index contributed by atoms with van der Waals surface area (Å²) in [4.78, 5) is 6.57. The molecule has 3 aromatic rings. The smallest absolute Gasteiger partial charge is 0.209 e. The summed E-state index contributed by atoms with van der Waals surface area (Å²) in [5.41, 5.74) is 3.61. The molecule has 0 bridgehead atoms. The van der Waals surface area contributed by atoms with E-state index >= 15 is 0 Å². The molecule has 0 fully saturated rings. The number of ether oxygens (including phenoxy) is 1. The van der Waals surface area contributed by atoms with Crippen LogP contribution in [0.5, 0.6) is 10.8 Å². The van der Waals surface area contributed by atoms with E-state index in [1.807, 2.05) is 44.3 Å². The molecule has 0 saturated carbocycles. The number of hydrogen-bond donors (Lipinski definition) is 0. The lowest BCUT2D eigenvalue weighted by atomic mass is 10.1. The van der Waals surface area contributed by atoms with Gasteiger partial charge in [0.05, 0.1) is 27.5 Å². The van der Waals surface area contributed by atoms with Gasteiger partial charge in [-0.3, -0.25) is 0 Å². The van der Waals surface area contributed by atoms with E-state index in [0.29, 0.717) is 20.6 Å². The van der Waals surface area contributed by atoms with E-state index < -0.39 is 0 Å². The van der Waals surface area contributed by atoms with Crippen LogP contribution in [-0.4, -0.2) is 29.2 Å². The Morgan fingerprint density at radius 1 is 1.19 bits per heavy atom. The highest BCUT2D eigenvalue weighted by molar-refractivity contribution is 7.09. The van der Waals surface area contributed by atoms with Crippen molar-refractivity contribution in [3.8, 4) is 10.8 Å². The van der Waals surface area contributed by atoms with Crippen molar-refractivity contribution in [2.75, 3.05) is 13.6 Å². The molecule has 0 amide bonds. The molecular formula is C19H19Cl2N3OS. The van der Waals surface area contributed by atoms with Gasteiger partial charge in [0, 0.05) is 25.1 Å². The molecule has 0 radical (unpaired) electrons. The number of aliphatic imine (C=N–C) groups is 1. The molecule has 0 N–H and O–H groups in total. The molecule has 0 saturated heterocycles. The van der Waals surface area contributed by atoms with Crippen molar-refractivity contribution >= 4 is 57.7 Å². The Hall–Kier alpha value is -1.82. The van der Waals surface area contributed by atoms with Crippen LogP contribution in [0.25, 0.3) is 10.9 Å². The van der Waals surface area contributed by atoms with Crippen LogP contribution in [0.15, 0.2) is 29.3 Å². The van der Waals surface area contributed by atoms with Crippen LogP contribution in [0.2, 0.25) is 10.0 Å². The number of aromatic nitrogens is 1. The van der Waals surface area contributed by atoms with E-state index in [2.05, 4.69) is 16.3 Å². The van der Waals surface area contributed by atoms with Gasteiger partial charge in [0.2, 0.25) is 5.06 Å². The lowest BCUT2D eigenvalue weighted by Crippen LogP contribution is -2.14. The Bertz CT molecular complexity index is 985. The molecule has 7 heteroatoms. The monoisotopic (exact) mass is 407 g/mol. The Morgan fingerprint density at radius 3 is 2.65 bits per heavy atom. The molecule has 0 aliphatic rings. The average molecular weight is 408 g/mol. The number of halogens is 2. The van der Waals surface area contributed by atoms with E-state index in [4.69, 9.17) is 27.9 Å². The number of hydrogen-bond acceptors (Lipinski definition) is 4. The van der Waals surface area contributed by atoms with E-state index in [1.165, 1.54) is 11.5 Å². The maximum atomic E-state index is 6.33. The topological polar surface area (TPSA) is 37.7 Å². The number of fused-ring (bicyclic) bond motifs is 1. The molecule has 1 heterocycles. The fourth-order valence-electron chi connectivity index (χ4n) is 2.39. The largest absolute Gasteiger partial charge is 0.444 e. The van der Waals surface area contributed by atoms with E-state index in [9.17, 15) is 0 Å². The first-order chi connectivity index (χ1) is 12.4. The Kier molecular flexibility index (Phi) is 5.70. The van der Waals surface area contributed by atoms with E-state index in [0.717, 1.165) is 34.5 Å². The maximum absolute atomic E-state index is 6.33. The van der Waals surface area contributed by atoms with Gasteiger partial charge in [0.25, 0.3) is 0 Å². The number of aryl methyl sites for hydroxylation is 2. The van der Waals surface area contributed by atoms with Gasteiger partial charge in [-0.2, -0.15) is 4.37 Å². The van der Waals surface area contributed by atoms with Crippen LogP contribution in [0.1, 0.15) is 18.1 Å². The summed E-state index contributed by atoms with van der Waals surface area (Å²) < 4.78 is 10.5. The molecule has 0 spiro atoms. The van der Waals surface area contributed by atoms with Crippen LogP contribution in [0.4, 0.5) is 5.69 Å². The highest BCUT2D eigenvalue weighted by Gasteiger charge is 2.16. The molecule has 26 heavy (non-hydrogen) atoms. The van der Waals surface area contributed by atoms with Gasteiger partial charge in [-0.1, -0.05) is 23.2 Å². The minimum absolute atomic E-state index is 0.563. The molecular weight excluding hydrogens is 389 g/mol. The van der Waals surface area contributed by atoms with Crippen LogP contribution in [0, 0.1) is 13.8 Å². The molecule has 0 aliphatic carbocycles. The molecule has 3 rings (SSSR count). The van der Waals surface area contributed by atoms with Gasteiger partial charge in [-0.25, -0.2) is 4.99 Å². The summed E-state index contributed by atoms with van der Waals surface area (Å²) in [6.45, 7) is 7.00. The third-order valence-electron chi connectivity index (χ3n) is 4.09. The van der Waals surface area contributed by atoms with Gasteiger partial charge >= 0.3 is 0 Å². The summed E-state index contributed by atoms with van der Waals surface area (Å²) in [6, 6.07) is 7.50. The molecule has 0 unspecified atom stereocenters. The Morgan fingerprint density at radius 2 is 1.92 bits per heavy atom. The van der Waals surface area contributed by atoms with Gasteiger partial charge in [-0.15, -0.1) is 0 Å². The Balaban J connectivity index is 1.95. The lowest BCUT2D eigenvalue weighted by Gasteiger charge is -2.12. The minimum atomic E-state index is 0.563. The molecule has 0 aliphatic heterocycles. The summed E-state index contributed by atoms with van der Waals surface area (Å²) in [5, 5.41) is 2.52. The highest BCUT2D eigenvalue weighted by Crippen LogP contribution is 2.42. The predicted octanol–water partition coefficient (Wildman–Crippen LogP) is 6.62. The summed E-state index contributed by atoms with van der Waals surface area (Å²) in [7, 11) is 1.99. The fourth-order valence-corrected chi connectivity index (χ4v) is 3.73. The molecule has 4 nitrogen and oxygen atoms in total. The Labute approximate surface area is 167 Å². The molecule has 0 atom stereocenters. The molecule has 136 valence electrons. The lowest BCUT2D eigenvalue weighted by molar-refractivity contribution is 0.497. The first kappa shape index (κ1) is 19.0. The predicted molar refractivity (Wildman–Crippen MR) is 112 cm³/mol. The SMILES string of the molecule is CCN(C)/C=N\c1cc(C)c(Oc2snc3c(Cl)ccc(Cl)c23)cc1C. The summed E-state index contributed by atoms with van der Waals surface area (Å²) in [6.07, 6.45) is 1.83. The van der Waals surface area contributed by atoms with E-state index in [1.54, 1.807) is 12.1 Å². The number of rotatable bonds is 5. The normalized spacial score (nSPS) is 11.5. The van der Waals surface area contributed by atoms with Crippen LogP contribution in [-0.2, 0) is 0 Å². The molecule has 1 aromatic heterocycles. The van der Waals surface area contributed by atoms with Crippen LogP contribution in [0.3, 0.4) is 0 Å². The zero-order valence-electron chi connectivity index (χ0n) is 15.0. The van der Waals surface area contributed by atoms with E-state index in [-0.39, 0.29) is 0 Å². The van der Waals surface area contributed by atoms with Gasteiger partial charge in [0.1, 0.15) is 11.3 Å². The second-order valence-electron chi connectivity index (χ2n) is 6.05. The standard InChI is InChI=1S/C19H19Cl2N3OS/c1-5-24(4)10-22-15-8-12(3)16(9-11(15)2)25-19-17-13(20)6-7-14(21)18(17)23-26-19/h6-10H,5H2,1-4H3/b22-10-. The minimum Gasteiger partial charge on any atom is -0.444 e. The van der Waals surface area contributed by atoms with Crippen molar-refractivity contribution in [2.24, 2.45) is 4.99 Å². The van der Waals surface area contributed by atoms with Crippen LogP contribution >= 0.6 is 34.7 Å². The third-order valence-corrected chi connectivity index (χ3v) is 5.44. The van der Waals surface area contributed by atoms with Crippen molar-refractivity contribution in [2.45, 2.75) is 20.8 Å². The number of nitrogens with zero attached hydrogens (tertiary/aromatic N) is 3. The first-order valence-electron chi connectivity index (χ1n) is 8.17. The fraction of sp³-hybridized carbons (Fsp3) is 0.263. The average Bonchev–Trinajstić information content (AvgIpc) is 3.04. The van der Waals surface area contributed by atoms with Gasteiger partial charge in [-0.05, 0) is 56.2 Å². The zero-order valence-corrected chi connectivity index (χ0v) is 17.3. The number of benzene rings is 2. The highest BCUT2D eigenvalue weighted by atomic mass is 35.5. The summed E-state index contributed by atoms with van der Waals surface area (Å²) in [5.74, 6) is 0.756. The van der Waals surface area contributed by atoms with Crippen molar-refractivity contribution in [1.82, 2.24) is 9.27 Å². The third kappa shape index (κ3) is 3.80. The summed E-state index contributed by atoms with van der Waals surface area (Å²) >= 11 is 13.8. The maximum Gasteiger partial charge on any atom is 0.209 e. The molecule has 2 aromatic carbocycles. The van der Waals surface area contributed by atoms with Gasteiger partial charge in [0.15, 0.2) is 0 Å². The van der Waals surface area contributed by atoms with Crippen molar-refractivity contribution in [3.05, 3.63) is 45.4 Å². The second kappa shape index (κ2) is 7.82. The zero-order chi connectivity index (χ0) is 18.8. The first-order valence-corrected chi connectivity index (χ1v) is 9.70. The van der Waals surface area contributed by atoms with Crippen LogP contribution < -0.4 is 4.74 Å².